The van der Waals surface area contributed by atoms with E-state index in [0.29, 0.717) is 6.42 Å². The molecule has 0 spiro atoms. The molecule has 1 aliphatic heterocycles. The number of carboxylic acids is 1. The van der Waals surface area contributed by atoms with E-state index in [4.69, 9.17) is 21.7 Å². The molecule has 1 fully saturated rings. The molecule has 0 aromatic rings. The Balaban J connectivity index is 2.93. The molecule has 0 radical (unpaired) electrons. The van der Waals surface area contributed by atoms with Crippen LogP contribution in [0.4, 0.5) is 0 Å². The Labute approximate surface area is 172 Å². The zero-order valence-corrected chi connectivity index (χ0v) is 16.6. The predicted molar refractivity (Wildman–Crippen MR) is 104 cm³/mol. The molecular weight excluding hydrogens is 406 g/mol. The van der Waals surface area contributed by atoms with Gasteiger partial charge in [-0.3, -0.25) is 19.2 Å². The number of aliphatic carboxylic acids is 1. The molecule has 13 heteroatoms. The van der Waals surface area contributed by atoms with Crippen molar-refractivity contribution >= 4 is 42.2 Å². The van der Waals surface area contributed by atoms with Crippen molar-refractivity contribution in [3.8, 4) is 0 Å². The number of nitrogens with one attached hydrogen (secondary N) is 2. The van der Waals surface area contributed by atoms with Crippen molar-refractivity contribution in [3.05, 3.63) is 0 Å². The van der Waals surface area contributed by atoms with Gasteiger partial charge in [0.25, 0.3) is 0 Å². The van der Waals surface area contributed by atoms with Crippen molar-refractivity contribution in [2.75, 3.05) is 18.9 Å². The number of carbonyl (C=O) groups excluding carboxylic acids is 4. The van der Waals surface area contributed by atoms with E-state index in [9.17, 15) is 24.0 Å². The summed E-state index contributed by atoms with van der Waals surface area (Å²) in [6, 6.07) is -4.58. The summed E-state index contributed by atoms with van der Waals surface area (Å²) in [7, 11) is 0. The van der Waals surface area contributed by atoms with Gasteiger partial charge < -0.3 is 37.2 Å². The first-order valence-corrected chi connectivity index (χ1v) is 9.65. The smallest absolute Gasteiger partial charge is 0.328 e. The van der Waals surface area contributed by atoms with E-state index in [0.717, 1.165) is 0 Å². The Morgan fingerprint density at radius 1 is 1.17 bits per heavy atom. The second-order valence-corrected chi connectivity index (χ2v) is 6.99. The van der Waals surface area contributed by atoms with Crippen LogP contribution < -0.4 is 22.1 Å². The van der Waals surface area contributed by atoms with Crippen molar-refractivity contribution in [1.82, 2.24) is 15.5 Å². The Hall–Kier alpha value is -2.38. The maximum atomic E-state index is 13.0. The van der Waals surface area contributed by atoms with Crippen LogP contribution in [0.15, 0.2) is 0 Å². The zero-order chi connectivity index (χ0) is 22.1. The molecule has 0 aliphatic carbocycles. The zero-order valence-electron chi connectivity index (χ0n) is 15.7. The normalized spacial score (nSPS) is 19.1. The third kappa shape index (κ3) is 7.18. The van der Waals surface area contributed by atoms with Gasteiger partial charge in [-0.1, -0.05) is 0 Å². The first-order valence-electron chi connectivity index (χ1n) is 9.02. The van der Waals surface area contributed by atoms with E-state index in [1.165, 1.54) is 4.90 Å². The van der Waals surface area contributed by atoms with Gasteiger partial charge in [-0.25, -0.2) is 4.79 Å². The van der Waals surface area contributed by atoms with Crippen molar-refractivity contribution < 1.29 is 34.2 Å². The molecule has 8 N–H and O–H groups in total. The molecule has 0 aromatic carbocycles. The maximum absolute atomic E-state index is 13.0. The van der Waals surface area contributed by atoms with Gasteiger partial charge in [-0.2, -0.15) is 12.6 Å². The van der Waals surface area contributed by atoms with Gasteiger partial charge in [0.05, 0.1) is 12.6 Å². The minimum absolute atomic E-state index is 0.0368. The minimum atomic E-state index is -1.50. The fourth-order valence-corrected chi connectivity index (χ4v) is 3.03. The number of thiol groups is 1. The van der Waals surface area contributed by atoms with Crippen LogP contribution in [0.3, 0.4) is 0 Å². The number of hydrogen-bond donors (Lipinski definition) is 7. The summed E-state index contributed by atoms with van der Waals surface area (Å²) in [5, 5.41) is 22.7. The number of rotatable bonds is 11. The lowest BCUT2D eigenvalue weighted by Crippen LogP contribution is -2.57. The van der Waals surface area contributed by atoms with Crippen LogP contribution in [0, 0.1) is 0 Å². The molecule has 0 aromatic heterocycles. The third-order valence-electron chi connectivity index (χ3n) is 4.46. The molecule has 1 aliphatic rings. The van der Waals surface area contributed by atoms with E-state index in [1.807, 2.05) is 0 Å². The quantitative estimate of drug-likeness (QED) is 0.163. The summed E-state index contributed by atoms with van der Waals surface area (Å²) in [5.74, 6) is -4.03. The molecule has 0 saturated carbocycles. The molecule has 4 amide bonds. The first kappa shape index (κ1) is 24.7. The highest BCUT2D eigenvalue weighted by atomic mass is 32.1. The predicted octanol–water partition coefficient (Wildman–Crippen LogP) is -3.45. The molecule has 164 valence electrons. The number of nitrogens with zero attached hydrogens (tertiary/aromatic N) is 1. The lowest BCUT2D eigenvalue weighted by molar-refractivity contribution is -0.145. The second-order valence-electron chi connectivity index (χ2n) is 6.63. The number of primary amides is 1. The Kier molecular flexibility index (Phi) is 9.85. The van der Waals surface area contributed by atoms with E-state index >= 15 is 0 Å². The van der Waals surface area contributed by atoms with Gasteiger partial charge in [0.2, 0.25) is 23.6 Å². The summed E-state index contributed by atoms with van der Waals surface area (Å²) in [6.07, 6.45) is 0.497. The molecule has 1 saturated heterocycles. The van der Waals surface area contributed by atoms with Crippen LogP contribution >= 0.6 is 12.6 Å². The van der Waals surface area contributed by atoms with Crippen LogP contribution in [0.1, 0.15) is 25.7 Å². The molecule has 0 bridgehead atoms. The van der Waals surface area contributed by atoms with Crippen LogP contribution in [0.25, 0.3) is 0 Å². The Morgan fingerprint density at radius 2 is 1.83 bits per heavy atom. The summed E-state index contributed by atoms with van der Waals surface area (Å²) < 4.78 is 0. The van der Waals surface area contributed by atoms with Crippen molar-refractivity contribution in [2.45, 2.75) is 49.9 Å². The summed E-state index contributed by atoms with van der Waals surface area (Å²) >= 11 is 3.92. The van der Waals surface area contributed by atoms with Gasteiger partial charge in [0.1, 0.15) is 18.1 Å². The Morgan fingerprint density at radius 3 is 2.34 bits per heavy atom. The molecule has 4 unspecified atom stereocenters. The van der Waals surface area contributed by atoms with E-state index in [2.05, 4.69) is 23.3 Å². The lowest BCUT2D eigenvalue weighted by atomic mass is 10.1. The van der Waals surface area contributed by atoms with Crippen molar-refractivity contribution in [1.29, 1.82) is 0 Å². The van der Waals surface area contributed by atoms with Crippen LogP contribution in [0.2, 0.25) is 0 Å². The molecule has 1 heterocycles. The van der Waals surface area contributed by atoms with E-state index < -0.39 is 60.4 Å². The van der Waals surface area contributed by atoms with Crippen LogP contribution in [0.5, 0.6) is 0 Å². The van der Waals surface area contributed by atoms with Gasteiger partial charge in [-0.05, 0) is 19.3 Å². The maximum Gasteiger partial charge on any atom is 0.328 e. The number of carbonyl (C=O) groups is 5. The first-order chi connectivity index (χ1) is 13.6. The monoisotopic (exact) mass is 433 g/mol. The van der Waals surface area contributed by atoms with E-state index in [-0.39, 0.29) is 31.6 Å². The van der Waals surface area contributed by atoms with E-state index in [1.54, 1.807) is 0 Å². The molecule has 29 heavy (non-hydrogen) atoms. The molecule has 1 rings (SSSR count). The highest BCUT2D eigenvalue weighted by molar-refractivity contribution is 7.80. The standard InChI is InChI=1S/C16H27N5O7S/c17-8(7-29)13(24)19-9(3-4-12(18)23)15(26)21-5-1-2-11(21)14(25)20-10(6-22)16(27)28/h8-11,22,29H,1-7,17H2,(H2,18,23)(H,19,24)(H,20,25)(H,27,28). The second kappa shape index (κ2) is 11.6. The van der Waals surface area contributed by atoms with Crippen LogP contribution in [-0.2, 0) is 24.0 Å². The Bertz CT molecular complexity index is 647. The number of amides is 4. The number of aliphatic hydroxyl groups excluding tert-OH is 1. The topological polar surface area (TPSA) is 205 Å². The summed E-state index contributed by atoms with van der Waals surface area (Å²) in [4.78, 5) is 60.8. The number of nitrogens with two attached hydrogens (primary N) is 2. The average Bonchev–Trinajstić information content (AvgIpc) is 3.17. The van der Waals surface area contributed by atoms with Crippen molar-refractivity contribution in [2.24, 2.45) is 11.5 Å². The third-order valence-corrected chi connectivity index (χ3v) is 4.86. The highest BCUT2D eigenvalue weighted by Crippen LogP contribution is 2.20. The molecular formula is C16H27N5O7S. The average molecular weight is 433 g/mol. The number of aliphatic hydroxyl groups is 1. The molecule has 4 atom stereocenters. The number of carboxylic acid groups (broad SMARTS) is 1. The SMILES string of the molecule is NC(=O)CCC(NC(=O)C(N)CS)C(=O)N1CCCC1C(=O)NC(CO)C(=O)O. The highest BCUT2D eigenvalue weighted by Gasteiger charge is 2.39. The fraction of sp³-hybridized carbons (Fsp3) is 0.688. The minimum Gasteiger partial charge on any atom is -0.480 e. The summed E-state index contributed by atoms with van der Waals surface area (Å²) in [5.41, 5.74) is 10.7. The van der Waals surface area contributed by atoms with Crippen LogP contribution in [-0.4, -0.2) is 87.8 Å². The van der Waals surface area contributed by atoms with Gasteiger partial charge in [0, 0.05) is 18.7 Å². The fourth-order valence-electron chi connectivity index (χ4n) is 2.86. The summed E-state index contributed by atoms with van der Waals surface area (Å²) in [6.45, 7) is -0.601. The number of likely N-dealkylation sites (tertiary alicyclic amines) is 1. The lowest BCUT2D eigenvalue weighted by Gasteiger charge is -2.29. The van der Waals surface area contributed by atoms with Gasteiger partial charge in [-0.15, -0.1) is 0 Å². The van der Waals surface area contributed by atoms with Gasteiger partial charge in [0.15, 0.2) is 0 Å². The van der Waals surface area contributed by atoms with Crippen molar-refractivity contribution in [3.63, 3.8) is 0 Å². The van der Waals surface area contributed by atoms with Gasteiger partial charge >= 0.3 is 5.97 Å². The largest absolute Gasteiger partial charge is 0.480 e. The number of hydrogen-bond acceptors (Lipinski definition) is 8. The molecule has 12 nitrogen and oxygen atoms in total.